The quantitative estimate of drug-likeness (QED) is 0.588. The van der Waals surface area contributed by atoms with Crippen molar-refractivity contribution < 1.29 is 14.4 Å². The van der Waals surface area contributed by atoms with Crippen molar-refractivity contribution in [2.75, 3.05) is 13.6 Å². The van der Waals surface area contributed by atoms with Gasteiger partial charge >= 0.3 is 0 Å². The minimum Gasteiger partial charge on any atom is -0.339 e. The number of likely N-dealkylation sites (tertiary alicyclic amines) is 1. The second-order valence-electron chi connectivity index (χ2n) is 7.06. The van der Waals surface area contributed by atoms with E-state index in [9.17, 15) is 14.4 Å². The van der Waals surface area contributed by atoms with Crippen molar-refractivity contribution in [3.8, 4) is 0 Å². The summed E-state index contributed by atoms with van der Waals surface area (Å²) in [6.07, 6.45) is 5.32. The van der Waals surface area contributed by atoms with Crippen LogP contribution in [0.4, 0.5) is 0 Å². The number of carbonyl (C=O) groups excluding carboxylic acids is 3. The summed E-state index contributed by atoms with van der Waals surface area (Å²) in [5.74, 6) is -0.828. The first-order chi connectivity index (χ1) is 13.0. The van der Waals surface area contributed by atoms with Crippen LogP contribution >= 0.6 is 11.3 Å². The number of amides is 3. The van der Waals surface area contributed by atoms with Crippen molar-refractivity contribution >= 4 is 39.3 Å². The number of hydrogen-bond donors (Lipinski definition) is 0. The molecule has 2 heterocycles. The van der Waals surface area contributed by atoms with Gasteiger partial charge in [-0.1, -0.05) is 24.3 Å². The number of aromatic nitrogens is 1. The fourth-order valence-corrected chi connectivity index (χ4v) is 4.79. The van der Waals surface area contributed by atoms with E-state index >= 15 is 0 Å². The molecule has 27 heavy (non-hydrogen) atoms. The molecule has 140 valence electrons. The maximum absolute atomic E-state index is 12.5. The van der Waals surface area contributed by atoms with Crippen LogP contribution in [0.1, 0.15) is 24.3 Å². The molecule has 6 nitrogen and oxygen atoms in total. The smallest absolute Gasteiger partial charge is 0.233 e. The first-order valence-electron chi connectivity index (χ1n) is 9.13. The molecule has 1 saturated heterocycles. The Balaban J connectivity index is 1.35. The third kappa shape index (κ3) is 3.39. The van der Waals surface area contributed by atoms with E-state index in [0.717, 1.165) is 15.2 Å². The molecule has 0 saturated carbocycles. The molecule has 2 aromatic rings. The van der Waals surface area contributed by atoms with Gasteiger partial charge in [0.2, 0.25) is 17.7 Å². The van der Waals surface area contributed by atoms with Crippen LogP contribution in [0.15, 0.2) is 36.4 Å². The maximum Gasteiger partial charge on any atom is 0.233 e. The lowest BCUT2D eigenvalue weighted by Gasteiger charge is -2.18. The van der Waals surface area contributed by atoms with E-state index in [1.54, 1.807) is 23.3 Å². The molecule has 1 aliphatic carbocycles. The molecule has 2 atom stereocenters. The summed E-state index contributed by atoms with van der Waals surface area (Å²) < 4.78 is 1.10. The van der Waals surface area contributed by atoms with Gasteiger partial charge < -0.3 is 4.90 Å². The molecule has 1 aliphatic heterocycles. The summed E-state index contributed by atoms with van der Waals surface area (Å²) in [5.41, 5.74) is 0.933. The Morgan fingerprint density at radius 1 is 1.19 bits per heavy atom. The van der Waals surface area contributed by atoms with Gasteiger partial charge in [-0.15, -0.1) is 11.3 Å². The van der Waals surface area contributed by atoms with Crippen LogP contribution in [0.5, 0.6) is 0 Å². The predicted molar refractivity (Wildman–Crippen MR) is 103 cm³/mol. The van der Waals surface area contributed by atoms with Crippen molar-refractivity contribution in [2.24, 2.45) is 11.8 Å². The van der Waals surface area contributed by atoms with Gasteiger partial charge in [-0.3, -0.25) is 19.3 Å². The van der Waals surface area contributed by atoms with Crippen LogP contribution in [-0.2, 0) is 20.9 Å². The fraction of sp³-hybridized carbons (Fsp3) is 0.400. The highest BCUT2D eigenvalue weighted by Crippen LogP contribution is 2.35. The Hall–Kier alpha value is -2.54. The molecule has 2 aliphatic rings. The van der Waals surface area contributed by atoms with Gasteiger partial charge in [-0.05, 0) is 25.0 Å². The standard InChI is InChI=1S/C20H21N3O3S/c1-22(12-17-21-15-8-4-5-9-16(15)27-17)18(24)10-11-23-19(25)13-6-2-3-7-14(13)20(23)26/h2-5,8-9,13-14H,6-7,10-12H2,1H3/t13-,14-/m0/s1. The van der Waals surface area contributed by atoms with Crippen molar-refractivity contribution in [2.45, 2.75) is 25.8 Å². The van der Waals surface area contributed by atoms with Crippen molar-refractivity contribution in [1.29, 1.82) is 0 Å². The lowest BCUT2D eigenvalue weighted by molar-refractivity contribution is -0.140. The number of rotatable bonds is 5. The highest BCUT2D eigenvalue weighted by molar-refractivity contribution is 7.18. The van der Waals surface area contributed by atoms with Crippen molar-refractivity contribution in [3.05, 3.63) is 41.4 Å². The molecule has 7 heteroatoms. The van der Waals surface area contributed by atoms with Crippen LogP contribution < -0.4 is 0 Å². The number of fused-ring (bicyclic) bond motifs is 2. The number of hydrogen-bond acceptors (Lipinski definition) is 5. The third-order valence-electron chi connectivity index (χ3n) is 5.28. The SMILES string of the molecule is CN(Cc1nc2ccccc2s1)C(=O)CCN1C(=O)[C@H]2CC=CC[C@@H]2C1=O. The van der Waals surface area contributed by atoms with Gasteiger partial charge in [0.1, 0.15) is 5.01 Å². The first kappa shape index (κ1) is 17.9. The zero-order chi connectivity index (χ0) is 19.0. The van der Waals surface area contributed by atoms with Gasteiger partial charge in [-0.2, -0.15) is 0 Å². The number of thiazole rings is 1. The molecule has 1 aromatic heterocycles. The van der Waals surface area contributed by atoms with Crippen LogP contribution in [0, 0.1) is 11.8 Å². The molecule has 0 spiro atoms. The molecule has 3 amide bonds. The summed E-state index contributed by atoms with van der Waals surface area (Å²) in [7, 11) is 1.73. The molecular weight excluding hydrogens is 362 g/mol. The zero-order valence-corrected chi connectivity index (χ0v) is 15.9. The largest absolute Gasteiger partial charge is 0.339 e. The second-order valence-corrected chi connectivity index (χ2v) is 8.17. The lowest BCUT2D eigenvalue weighted by Crippen LogP contribution is -2.36. The Bertz CT molecular complexity index is 876. The van der Waals surface area contributed by atoms with E-state index in [1.807, 2.05) is 36.4 Å². The number of benzene rings is 1. The van der Waals surface area contributed by atoms with Crippen molar-refractivity contribution in [1.82, 2.24) is 14.8 Å². The predicted octanol–water partition coefficient (Wildman–Crippen LogP) is 2.60. The van der Waals surface area contributed by atoms with Crippen LogP contribution in [0.2, 0.25) is 0 Å². The van der Waals surface area contributed by atoms with Crippen LogP contribution in [-0.4, -0.2) is 46.1 Å². The van der Waals surface area contributed by atoms with E-state index in [0.29, 0.717) is 19.4 Å². The topological polar surface area (TPSA) is 70.6 Å². The minimum atomic E-state index is -0.238. The number of imide groups is 1. The average Bonchev–Trinajstić information content (AvgIpc) is 3.19. The highest BCUT2D eigenvalue weighted by atomic mass is 32.1. The van der Waals surface area contributed by atoms with Gasteiger partial charge in [-0.25, -0.2) is 4.98 Å². The fourth-order valence-electron chi connectivity index (χ4n) is 3.77. The van der Waals surface area contributed by atoms with E-state index in [-0.39, 0.29) is 42.5 Å². The lowest BCUT2D eigenvalue weighted by atomic mass is 9.85. The van der Waals surface area contributed by atoms with Gasteiger partial charge in [0, 0.05) is 20.0 Å². The van der Waals surface area contributed by atoms with E-state index in [1.165, 1.54) is 4.90 Å². The average molecular weight is 383 g/mol. The summed E-state index contributed by atoms with van der Waals surface area (Å²) in [6.45, 7) is 0.586. The summed E-state index contributed by atoms with van der Waals surface area (Å²) in [6, 6.07) is 7.88. The number of para-hydroxylation sites is 1. The summed E-state index contributed by atoms with van der Waals surface area (Å²) in [4.78, 5) is 44.8. The third-order valence-corrected chi connectivity index (χ3v) is 6.31. The Morgan fingerprint density at radius 2 is 1.85 bits per heavy atom. The normalized spacial score (nSPS) is 21.7. The molecule has 0 radical (unpaired) electrons. The molecule has 0 N–H and O–H groups in total. The highest BCUT2D eigenvalue weighted by Gasteiger charge is 2.46. The number of nitrogens with zero attached hydrogens (tertiary/aromatic N) is 3. The van der Waals surface area contributed by atoms with Gasteiger partial charge in [0.15, 0.2) is 0 Å². The number of carbonyl (C=O) groups is 3. The van der Waals surface area contributed by atoms with E-state index in [2.05, 4.69) is 4.98 Å². The molecule has 1 fully saturated rings. The van der Waals surface area contributed by atoms with Crippen molar-refractivity contribution in [3.63, 3.8) is 0 Å². The van der Waals surface area contributed by atoms with Crippen LogP contribution in [0.3, 0.4) is 0 Å². The Kier molecular flexibility index (Phi) is 4.78. The number of allylic oxidation sites excluding steroid dienone is 2. The molecular formula is C20H21N3O3S. The monoisotopic (exact) mass is 383 g/mol. The summed E-state index contributed by atoms with van der Waals surface area (Å²) in [5, 5.41) is 0.873. The van der Waals surface area contributed by atoms with Crippen LogP contribution in [0.25, 0.3) is 10.2 Å². The van der Waals surface area contributed by atoms with Gasteiger partial charge in [0.05, 0.1) is 28.6 Å². The second kappa shape index (κ2) is 7.23. The van der Waals surface area contributed by atoms with E-state index in [4.69, 9.17) is 0 Å². The first-order valence-corrected chi connectivity index (χ1v) is 9.95. The summed E-state index contributed by atoms with van der Waals surface area (Å²) >= 11 is 1.57. The molecule has 1 aromatic carbocycles. The Morgan fingerprint density at radius 3 is 2.52 bits per heavy atom. The van der Waals surface area contributed by atoms with Gasteiger partial charge in [0.25, 0.3) is 0 Å². The van der Waals surface area contributed by atoms with E-state index < -0.39 is 0 Å². The Labute approximate surface area is 161 Å². The molecule has 0 bridgehead atoms. The zero-order valence-electron chi connectivity index (χ0n) is 15.1. The maximum atomic E-state index is 12.5. The molecule has 0 unspecified atom stereocenters. The molecule has 4 rings (SSSR count). The minimum absolute atomic E-state index is 0.0946.